The highest BCUT2D eigenvalue weighted by Gasteiger charge is 2.35. The van der Waals surface area contributed by atoms with Gasteiger partial charge < -0.3 is 9.47 Å². The Morgan fingerprint density at radius 1 is 1.15 bits per heavy atom. The number of likely N-dealkylation sites (tertiary alicyclic amines) is 1. The van der Waals surface area contributed by atoms with Crippen molar-refractivity contribution in [1.29, 1.82) is 0 Å². The molecule has 0 aliphatic carbocycles. The zero-order valence-corrected chi connectivity index (χ0v) is 17.0. The molecule has 0 amide bonds. The second-order valence-electron chi connectivity index (χ2n) is 7.09. The van der Waals surface area contributed by atoms with E-state index in [1.54, 1.807) is 30.3 Å². The molecule has 1 aromatic carbocycles. The van der Waals surface area contributed by atoms with E-state index in [9.17, 15) is 9.59 Å². The van der Waals surface area contributed by atoms with Gasteiger partial charge in [0, 0.05) is 47.9 Å². The van der Waals surface area contributed by atoms with Crippen LogP contribution in [0.25, 0.3) is 0 Å². The van der Waals surface area contributed by atoms with E-state index in [0.29, 0.717) is 28.2 Å². The van der Waals surface area contributed by atoms with Crippen LogP contribution in [0.15, 0.2) is 47.3 Å². The van der Waals surface area contributed by atoms with Gasteiger partial charge in [-0.15, -0.1) is 0 Å². The quantitative estimate of drug-likeness (QED) is 0.560. The molecule has 2 aliphatic heterocycles. The van der Waals surface area contributed by atoms with Crippen molar-refractivity contribution in [3.63, 3.8) is 0 Å². The molecule has 0 N–H and O–H groups in total. The first-order chi connectivity index (χ1) is 13.0. The van der Waals surface area contributed by atoms with E-state index in [2.05, 4.69) is 4.90 Å². The highest BCUT2D eigenvalue weighted by molar-refractivity contribution is 8.23. The van der Waals surface area contributed by atoms with E-state index in [1.165, 1.54) is 11.8 Å². The zero-order chi connectivity index (χ0) is 19.0. The second-order valence-corrected chi connectivity index (χ2v) is 9.13. The molecule has 2 aliphatic rings. The normalized spacial score (nSPS) is 20.9. The Bertz CT molecular complexity index is 942. The van der Waals surface area contributed by atoms with E-state index in [1.807, 2.05) is 16.7 Å². The molecule has 0 radical (unpaired) electrons. The van der Waals surface area contributed by atoms with Gasteiger partial charge in [-0.1, -0.05) is 41.6 Å². The number of fused-ring (bicyclic) bond motifs is 4. The van der Waals surface area contributed by atoms with E-state index >= 15 is 0 Å². The van der Waals surface area contributed by atoms with Crippen LogP contribution >= 0.6 is 35.6 Å². The largest absolute Gasteiger partial charge is 0.356 e. The molecule has 140 valence electrons. The van der Waals surface area contributed by atoms with Gasteiger partial charge in [0.25, 0.3) is 5.56 Å². The molecule has 4 nitrogen and oxygen atoms in total. The van der Waals surface area contributed by atoms with Gasteiger partial charge in [-0.3, -0.25) is 9.59 Å². The van der Waals surface area contributed by atoms with Gasteiger partial charge in [-0.05, 0) is 42.7 Å². The fourth-order valence-corrected chi connectivity index (χ4v) is 5.19. The number of thiocarbonyl (C=S) groups is 1. The first-order valence-corrected chi connectivity index (χ1v) is 10.7. The number of nitrogens with zero attached hydrogens (tertiary/aromatic N) is 2. The van der Waals surface area contributed by atoms with Crippen molar-refractivity contribution in [2.24, 2.45) is 5.92 Å². The van der Waals surface area contributed by atoms with Gasteiger partial charge >= 0.3 is 0 Å². The summed E-state index contributed by atoms with van der Waals surface area (Å²) in [7, 11) is 0. The van der Waals surface area contributed by atoms with Crippen LogP contribution in [0, 0.1) is 5.92 Å². The van der Waals surface area contributed by atoms with Gasteiger partial charge in [-0.2, -0.15) is 0 Å². The van der Waals surface area contributed by atoms with E-state index in [0.717, 1.165) is 36.1 Å². The Kier molecular flexibility index (Phi) is 5.39. The molecule has 2 atom stereocenters. The van der Waals surface area contributed by atoms with Gasteiger partial charge in [0.15, 0.2) is 5.78 Å². The number of carbonyl (C=O) groups is 1. The third-order valence-electron chi connectivity index (χ3n) is 5.23. The first kappa shape index (κ1) is 18.7. The molecule has 0 saturated carbocycles. The van der Waals surface area contributed by atoms with Gasteiger partial charge in [0.2, 0.25) is 0 Å². The number of rotatable bonds is 3. The number of carbonyl (C=O) groups excluding carboxylic acids is 1. The highest BCUT2D eigenvalue weighted by Crippen LogP contribution is 2.36. The van der Waals surface area contributed by atoms with Crippen LogP contribution < -0.4 is 5.56 Å². The smallest absolute Gasteiger partial charge is 0.250 e. The van der Waals surface area contributed by atoms with Crippen molar-refractivity contribution >= 4 is 45.7 Å². The summed E-state index contributed by atoms with van der Waals surface area (Å²) in [5.74, 6) is 1.11. The molecule has 27 heavy (non-hydrogen) atoms. The van der Waals surface area contributed by atoms with E-state index in [4.69, 9.17) is 23.8 Å². The number of Topliss-reactive ketones (excluding diaryl/α,β-unsaturated/α-hetero) is 1. The first-order valence-electron chi connectivity index (χ1n) is 8.91. The molecular formula is C20H19ClN2O2S2. The topological polar surface area (TPSA) is 42.3 Å². The van der Waals surface area contributed by atoms with Crippen LogP contribution in [0.2, 0.25) is 5.02 Å². The molecule has 0 unspecified atom stereocenters. The number of hydrogen-bond acceptors (Lipinski definition) is 4. The molecule has 7 heteroatoms. The fourth-order valence-electron chi connectivity index (χ4n) is 3.98. The molecule has 1 fully saturated rings. The number of thioether (sulfide) groups is 1. The van der Waals surface area contributed by atoms with E-state index < -0.39 is 0 Å². The average molecular weight is 419 g/mol. The van der Waals surface area contributed by atoms with E-state index in [-0.39, 0.29) is 11.3 Å². The molecule has 2 aromatic rings. The Morgan fingerprint density at radius 3 is 2.70 bits per heavy atom. The molecule has 1 saturated heterocycles. The van der Waals surface area contributed by atoms with Crippen LogP contribution in [-0.2, 0) is 6.54 Å². The minimum absolute atomic E-state index is 0.0492. The van der Waals surface area contributed by atoms with Crippen LogP contribution in [0.1, 0.15) is 28.4 Å². The Hall–Kier alpha value is -1.63. The zero-order valence-electron chi connectivity index (χ0n) is 14.6. The Labute approximate surface area is 172 Å². The maximum absolute atomic E-state index is 12.4. The Balaban J connectivity index is 1.40. The number of pyridine rings is 1. The summed E-state index contributed by atoms with van der Waals surface area (Å²) in [6, 6.07) is 12.5. The molecule has 1 aromatic heterocycles. The average Bonchev–Trinajstić information content (AvgIpc) is 2.67. The number of aromatic nitrogens is 1. The van der Waals surface area contributed by atoms with Crippen molar-refractivity contribution in [3.05, 3.63) is 69.1 Å². The number of hydrogen-bond donors (Lipinski definition) is 0. The molecule has 0 spiro atoms. The minimum atomic E-state index is 0.0492. The summed E-state index contributed by atoms with van der Waals surface area (Å²) >= 11 is 12.9. The number of piperidine rings is 1. The number of halogens is 1. The van der Waals surface area contributed by atoms with Crippen molar-refractivity contribution in [3.8, 4) is 0 Å². The third-order valence-corrected chi connectivity index (χ3v) is 7.01. The van der Waals surface area contributed by atoms with Crippen LogP contribution in [0.4, 0.5) is 0 Å². The summed E-state index contributed by atoms with van der Waals surface area (Å²) in [6.45, 7) is 2.40. The van der Waals surface area contributed by atoms with Gasteiger partial charge in [0.05, 0.1) is 5.75 Å². The predicted molar refractivity (Wildman–Crippen MR) is 114 cm³/mol. The SMILES string of the molecule is O=C(CSC(=S)N1C[C@H]2C[C@@H](C1)c1cccc(=O)n1C2)c1ccc(Cl)cc1. The molecule has 3 heterocycles. The lowest BCUT2D eigenvalue weighted by atomic mass is 9.83. The van der Waals surface area contributed by atoms with Crippen LogP contribution in [-0.4, -0.2) is 38.4 Å². The summed E-state index contributed by atoms with van der Waals surface area (Å²) in [5.41, 5.74) is 1.84. The summed E-state index contributed by atoms with van der Waals surface area (Å²) in [5, 5.41) is 0.619. The fraction of sp³-hybridized carbons (Fsp3) is 0.350. The molecule has 4 rings (SSSR count). The lowest BCUT2D eigenvalue weighted by molar-refractivity contribution is 0.102. The minimum Gasteiger partial charge on any atom is -0.356 e. The molecular weight excluding hydrogens is 400 g/mol. The van der Waals surface area contributed by atoms with Crippen molar-refractivity contribution in [1.82, 2.24) is 9.47 Å². The Morgan fingerprint density at radius 2 is 1.93 bits per heavy atom. The van der Waals surface area contributed by atoms with Crippen molar-refractivity contribution in [2.45, 2.75) is 18.9 Å². The number of ketones is 1. The maximum Gasteiger partial charge on any atom is 0.250 e. The number of benzene rings is 1. The van der Waals surface area contributed by atoms with Crippen molar-refractivity contribution in [2.75, 3.05) is 18.8 Å². The van der Waals surface area contributed by atoms with Crippen molar-refractivity contribution < 1.29 is 4.79 Å². The van der Waals surface area contributed by atoms with Gasteiger partial charge in [-0.25, -0.2) is 0 Å². The highest BCUT2D eigenvalue weighted by atomic mass is 35.5. The lowest BCUT2D eigenvalue weighted by Gasteiger charge is -2.43. The van der Waals surface area contributed by atoms with Crippen LogP contribution in [0.5, 0.6) is 0 Å². The second kappa shape index (κ2) is 7.78. The molecule has 2 bridgehead atoms. The lowest BCUT2D eigenvalue weighted by Crippen LogP contribution is -2.48. The summed E-state index contributed by atoms with van der Waals surface area (Å²) < 4.78 is 2.68. The summed E-state index contributed by atoms with van der Waals surface area (Å²) in [6.07, 6.45) is 1.09. The monoisotopic (exact) mass is 418 g/mol. The summed E-state index contributed by atoms with van der Waals surface area (Å²) in [4.78, 5) is 26.7. The van der Waals surface area contributed by atoms with Crippen LogP contribution in [0.3, 0.4) is 0 Å². The van der Waals surface area contributed by atoms with Gasteiger partial charge in [0.1, 0.15) is 4.32 Å². The third kappa shape index (κ3) is 3.98. The standard InChI is InChI=1S/C20H19ClN2O2S2/c21-16-6-4-14(5-7-16)18(24)12-27-20(26)22-9-13-8-15(11-22)17-2-1-3-19(25)23(17)10-13/h1-7,13,15H,8-12H2/t13-,15+/m1/s1. The maximum atomic E-state index is 12.4. The predicted octanol–water partition coefficient (Wildman–Crippen LogP) is 3.82.